The Labute approximate surface area is 286 Å². The smallest absolute Gasteiger partial charge is 0.408 e. The van der Waals surface area contributed by atoms with E-state index >= 15 is 0 Å². The number of hydrogen-bond acceptors (Lipinski definition) is 10. The highest BCUT2D eigenvalue weighted by molar-refractivity contribution is 6.36. The van der Waals surface area contributed by atoms with Crippen LogP contribution in [0.4, 0.5) is 4.79 Å². The normalized spacial score (nSPS) is 22.0. The fourth-order valence-corrected chi connectivity index (χ4v) is 6.51. The molecular weight excluding hydrogens is 644 g/mol. The minimum Gasteiger partial charge on any atom is -0.496 e. The summed E-state index contributed by atoms with van der Waals surface area (Å²) in [5.41, 5.74) is 3.68. The molecule has 1 aromatic rings. The van der Waals surface area contributed by atoms with E-state index in [2.05, 4.69) is 10.5 Å². The molecule has 14 heteroatoms. The van der Waals surface area contributed by atoms with Crippen LogP contribution in [0.25, 0.3) is 0 Å². The van der Waals surface area contributed by atoms with Crippen molar-refractivity contribution >= 4 is 46.8 Å². The molecule has 4 rings (SSSR count). The van der Waals surface area contributed by atoms with Gasteiger partial charge in [0.05, 0.1) is 37.5 Å². The zero-order chi connectivity index (χ0) is 35.8. The van der Waals surface area contributed by atoms with E-state index in [1.165, 1.54) is 19.1 Å². The number of likely N-dealkylation sites (tertiary alicyclic amines) is 1. The first-order valence-electron chi connectivity index (χ1n) is 16.1. The Hall–Kier alpha value is -3.87. The Morgan fingerprint density at radius 3 is 2.27 bits per heavy atom. The summed E-state index contributed by atoms with van der Waals surface area (Å²) in [6.45, 7) is 10.5. The van der Waals surface area contributed by atoms with E-state index in [4.69, 9.17) is 36.4 Å². The number of carbonyl (C=O) groups is 5. The number of carbonyl (C=O) groups excluding carboxylic acids is 5. The SMILES string of the molecule is COc1cc(OC)c(C2=NO[C@]3(C2)C[C@@H](C(=O)C[C@@H](CC2CC2)C(=O)C(N)=O)N(C(=O)[C@@H](NC(=O)OC(C)(C)C)C(C)(C)C)C3)cc1Cl. The van der Waals surface area contributed by atoms with Crippen LogP contribution in [-0.2, 0) is 28.8 Å². The lowest BCUT2D eigenvalue weighted by atomic mass is 9.85. The number of alkyl carbamates (subject to hydrolysis) is 1. The highest BCUT2D eigenvalue weighted by atomic mass is 35.5. The van der Waals surface area contributed by atoms with Crippen LogP contribution >= 0.6 is 11.6 Å². The molecule has 1 spiro atoms. The van der Waals surface area contributed by atoms with Crippen LogP contribution in [-0.4, -0.2) is 84.1 Å². The van der Waals surface area contributed by atoms with Gasteiger partial charge in [-0.3, -0.25) is 19.2 Å². The molecule has 0 aromatic heterocycles. The van der Waals surface area contributed by atoms with Gasteiger partial charge in [-0.1, -0.05) is 50.4 Å². The van der Waals surface area contributed by atoms with Gasteiger partial charge in [-0.2, -0.15) is 0 Å². The number of Topliss-reactive ketones (excluding diaryl/α,β-unsaturated/α-hetero) is 2. The van der Waals surface area contributed by atoms with Gasteiger partial charge in [-0.25, -0.2) is 4.79 Å². The Bertz CT molecular complexity index is 1490. The summed E-state index contributed by atoms with van der Waals surface area (Å²) in [6.07, 6.45) is 1.39. The number of halogens is 1. The fourth-order valence-electron chi connectivity index (χ4n) is 6.27. The van der Waals surface area contributed by atoms with Crippen molar-refractivity contribution in [3.8, 4) is 11.5 Å². The second kappa shape index (κ2) is 13.9. The van der Waals surface area contributed by atoms with Crippen molar-refractivity contribution in [1.82, 2.24) is 10.2 Å². The number of ether oxygens (including phenoxy) is 3. The van der Waals surface area contributed by atoms with Gasteiger partial charge in [-0.05, 0) is 44.6 Å². The molecule has 2 heterocycles. The second-order valence-electron chi connectivity index (χ2n) is 15.1. The monoisotopic (exact) mass is 690 g/mol. The molecule has 1 aliphatic carbocycles. The lowest BCUT2D eigenvalue weighted by Crippen LogP contribution is -2.57. The maximum absolute atomic E-state index is 14.4. The van der Waals surface area contributed by atoms with E-state index < -0.39 is 64.1 Å². The topological polar surface area (TPSA) is 176 Å². The first kappa shape index (κ1) is 37.0. The highest BCUT2D eigenvalue weighted by Crippen LogP contribution is 2.44. The fraction of sp³-hybridized carbons (Fsp3) is 0.647. The van der Waals surface area contributed by atoms with Crippen molar-refractivity contribution in [2.45, 2.75) is 103 Å². The van der Waals surface area contributed by atoms with Crippen LogP contribution in [0.2, 0.25) is 5.02 Å². The van der Waals surface area contributed by atoms with Gasteiger partial charge in [0, 0.05) is 36.8 Å². The minimum absolute atomic E-state index is 0.0406. The molecule has 0 unspecified atom stereocenters. The van der Waals surface area contributed by atoms with E-state index in [0.717, 1.165) is 12.8 Å². The van der Waals surface area contributed by atoms with Crippen LogP contribution in [0.15, 0.2) is 17.3 Å². The molecule has 48 heavy (non-hydrogen) atoms. The highest BCUT2D eigenvalue weighted by Gasteiger charge is 2.56. The summed E-state index contributed by atoms with van der Waals surface area (Å²) < 4.78 is 16.3. The quantitative estimate of drug-likeness (QED) is 0.305. The molecule has 1 aromatic carbocycles. The van der Waals surface area contributed by atoms with Crippen LogP contribution in [0.5, 0.6) is 11.5 Å². The molecule has 4 atom stereocenters. The molecule has 0 radical (unpaired) electrons. The third kappa shape index (κ3) is 8.58. The molecule has 264 valence electrons. The Balaban J connectivity index is 1.67. The molecule has 3 N–H and O–H groups in total. The van der Waals surface area contributed by atoms with Gasteiger partial charge in [0.15, 0.2) is 11.4 Å². The number of ketones is 2. The van der Waals surface area contributed by atoms with Crippen molar-refractivity contribution in [2.24, 2.45) is 28.1 Å². The van der Waals surface area contributed by atoms with Crippen molar-refractivity contribution in [2.75, 3.05) is 20.8 Å². The number of nitrogens with one attached hydrogen (secondary N) is 1. The lowest BCUT2D eigenvalue weighted by Gasteiger charge is -2.36. The zero-order valence-corrected chi connectivity index (χ0v) is 29.7. The minimum atomic E-state index is -1.11. The maximum atomic E-state index is 14.4. The van der Waals surface area contributed by atoms with Crippen molar-refractivity contribution in [3.05, 3.63) is 22.7 Å². The molecule has 0 bridgehead atoms. The van der Waals surface area contributed by atoms with Gasteiger partial charge in [-0.15, -0.1) is 0 Å². The van der Waals surface area contributed by atoms with E-state index in [1.807, 2.05) is 0 Å². The largest absolute Gasteiger partial charge is 0.496 e. The summed E-state index contributed by atoms with van der Waals surface area (Å²) in [6, 6.07) is 1.16. The van der Waals surface area contributed by atoms with Crippen LogP contribution in [0.3, 0.4) is 0 Å². The van der Waals surface area contributed by atoms with Crippen molar-refractivity contribution < 1.29 is 43.0 Å². The zero-order valence-electron chi connectivity index (χ0n) is 28.9. The molecule has 1 saturated heterocycles. The van der Waals surface area contributed by atoms with E-state index in [1.54, 1.807) is 53.7 Å². The molecule has 3 aliphatic rings. The number of benzene rings is 1. The van der Waals surface area contributed by atoms with Crippen molar-refractivity contribution in [1.29, 1.82) is 0 Å². The number of amides is 3. The Kier molecular flexibility index (Phi) is 10.7. The molecule has 13 nitrogen and oxygen atoms in total. The summed E-state index contributed by atoms with van der Waals surface area (Å²) in [7, 11) is 2.99. The average molecular weight is 691 g/mol. The van der Waals surface area contributed by atoms with Crippen LogP contribution in [0.1, 0.15) is 85.6 Å². The number of primary amides is 1. The van der Waals surface area contributed by atoms with E-state index in [9.17, 15) is 24.0 Å². The number of nitrogens with zero attached hydrogens (tertiary/aromatic N) is 2. The third-order valence-corrected chi connectivity index (χ3v) is 9.12. The number of nitrogens with two attached hydrogens (primary N) is 1. The third-order valence-electron chi connectivity index (χ3n) is 8.83. The predicted octanol–water partition coefficient (Wildman–Crippen LogP) is 4.19. The standard InChI is InChI=1S/C34H47ClN4O9/c1-32(2,3)28(37-31(44)47-33(4,5)6)30(43)39-17-34(15-22(38-48-34)20-13-21(35)26(46-8)14-25(20)45-7)16-23(39)24(40)12-19(11-18-9-10-18)27(41)29(36)42/h13-14,18-19,23,28H,9-12,15-17H2,1-8H3,(H2,36,42)(H,37,44)/t19-,23+,28-,34-/m1/s1. The van der Waals surface area contributed by atoms with E-state index in [-0.39, 0.29) is 31.7 Å². The predicted molar refractivity (Wildman–Crippen MR) is 177 cm³/mol. The number of rotatable bonds is 12. The average Bonchev–Trinajstić information content (AvgIpc) is 3.59. The van der Waals surface area contributed by atoms with E-state index in [0.29, 0.717) is 34.2 Å². The Morgan fingerprint density at radius 2 is 1.73 bits per heavy atom. The molecule has 3 amide bonds. The number of oxime groups is 1. The van der Waals surface area contributed by atoms with Gasteiger partial charge in [0.2, 0.25) is 11.7 Å². The second-order valence-corrected chi connectivity index (χ2v) is 15.5. The maximum Gasteiger partial charge on any atom is 0.408 e. The summed E-state index contributed by atoms with van der Waals surface area (Å²) in [4.78, 5) is 73.6. The summed E-state index contributed by atoms with van der Waals surface area (Å²) >= 11 is 6.43. The summed E-state index contributed by atoms with van der Waals surface area (Å²) in [5, 5.41) is 7.40. The van der Waals surface area contributed by atoms with Gasteiger partial charge in [0.25, 0.3) is 5.91 Å². The van der Waals surface area contributed by atoms with Crippen LogP contribution < -0.4 is 20.5 Å². The van der Waals surface area contributed by atoms with Gasteiger partial charge < -0.3 is 35.0 Å². The van der Waals surface area contributed by atoms with Gasteiger partial charge in [0.1, 0.15) is 23.1 Å². The van der Waals surface area contributed by atoms with Gasteiger partial charge >= 0.3 is 6.09 Å². The first-order chi connectivity index (χ1) is 22.3. The molecule has 1 saturated carbocycles. The number of methoxy groups -OCH3 is 2. The van der Waals surface area contributed by atoms with Crippen molar-refractivity contribution in [3.63, 3.8) is 0 Å². The van der Waals surface area contributed by atoms with Crippen LogP contribution in [0, 0.1) is 17.3 Å². The number of hydrogen-bond donors (Lipinski definition) is 2. The summed E-state index contributed by atoms with van der Waals surface area (Å²) in [5.74, 6) is -2.63. The molecule has 2 aliphatic heterocycles. The molecular formula is C34H47ClN4O9. The first-order valence-corrected chi connectivity index (χ1v) is 16.5. The molecule has 2 fully saturated rings. The lowest BCUT2D eigenvalue weighted by molar-refractivity contribution is -0.143. The Morgan fingerprint density at radius 1 is 1.08 bits per heavy atom.